The van der Waals surface area contributed by atoms with Crippen LogP contribution < -0.4 is 4.57 Å². The summed E-state index contributed by atoms with van der Waals surface area (Å²) in [5.41, 5.74) is 2.14. The Morgan fingerprint density at radius 3 is 2.50 bits per heavy atom. The van der Waals surface area contributed by atoms with Crippen molar-refractivity contribution in [1.29, 1.82) is 0 Å². The van der Waals surface area contributed by atoms with E-state index in [0.29, 0.717) is 0 Å². The van der Waals surface area contributed by atoms with Gasteiger partial charge < -0.3 is 0 Å². The number of fused-ring (bicyclic) bond motifs is 1. The minimum absolute atomic E-state index is 0.0126. The predicted octanol–water partition coefficient (Wildman–Crippen LogP) is 2.54. The van der Waals surface area contributed by atoms with Crippen LogP contribution in [0.2, 0.25) is 0 Å². The number of nitrogens with zero attached hydrogens (tertiary/aromatic N) is 2. The highest BCUT2D eigenvalue weighted by Gasteiger charge is 2.33. The van der Waals surface area contributed by atoms with E-state index in [9.17, 15) is 0 Å². The summed E-state index contributed by atoms with van der Waals surface area (Å²) in [6.07, 6.45) is 2.01. The molecule has 0 spiro atoms. The Balaban J connectivity index is 2.09. The summed E-state index contributed by atoms with van der Waals surface area (Å²) in [6.45, 7) is 0. The first-order chi connectivity index (χ1) is 7.86. The fourth-order valence-corrected chi connectivity index (χ4v) is 2.29. The van der Waals surface area contributed by atoms with Crippen LogP contribution in [0.5, 0.6) is 0 Å². The van der Waals surface area contributed by atoms with Crippen LogP contribution in [0.1, 0.15) is 10.9 Å². The first kappa shape index (κ1) is 9.60. The number of aromatic nitrogens is 1. The van der Waals surface area contributed by atoms with E-state index in [0.717, 1.165) is 17.1 Å². The molecule has 0 radical (unpaired) electrons. The number of aliphatic imine (C=N–C) groups is 1. The van der Waals surface area contributed by atoms with Gasteiger partial charge in [-0.15, -0.1) is 12.6 Å². The van der Waals surface area contributed by atoms with E-state index in [1.165, 1.54) is 0 Å². The van der Waals surface area contributed by atoms with Crippen LogP contribution in [0.3, 0.4) is 0 Å². The molecule has 0 bridgehead atoms. The van der Waals surface area contributed by atoms with Gasteiger partial charge in [0.05, 0.1) is 6.20 Å². The average Bonchev–Trinajstić information content (AvgIpc) is 2.69. The van der Waals surface area contributed by atoms with Gasteiger partial charge in [-0.2, -0.15) is 0 Å². The number of rotatable bonds is 1. The first-order valence-electron chi connectivity index (χ1n) is 5.18. The largest absolute Gasteiger partial charge is 0.324 e. The van der Waals surface area contributed by atoms with Crippen molar-refractivity contribution >= 4 is 24.2 Å². The Bertz CT molecular complexity index is 549. The number of hydrogen-bond donors (Lipinski definition) is 1. The molecule has 1 aromatic carbocycles. The second-order valence-corrected chi connectivity index (χ2v) is 4.19. The van der Waals surface area contributed by atoms with Crippen molar-refractivity contribution in [3.05, 3.63) is 60.3 Å². The lowest BCUT2D eigenvalue weighted by Gasteiger charge is -2.02. The molecule has 16 heavy (non-hydrogen) atoms. The maximum atomic E-state index is 4.61. The Labute approximate surface area is 99.7 Å². The van der Waals surface area contributed by atoms with Gasteiger partial charge in [0, 0.05) is 11.6 Å². The van der Waals surface area contributed by atoms with Crippen LogP contribution in [0, 0.1) is 0 Å². The van der Waals surface area contributed by atoms with Gasteiger partial charge in [0.25, 0.3) is 0 Å². The van der Waals surface area contributed by atoms with Crippen LogP contribution in [-0.4, -0.2) is 5.71 Å². The average molecular weight is 227 g/mol. The molecule has 1 aromatic heterocycles. The Morgan fingerprint density at radius 2 is 1.75 bits per heavy atom. The van der Waals surface area contributed by atoms with E-state index in [-0.39, 0.29) is 5.37 Å². The number of pyridine rings is 1. The minimum Gasteiger partial charge on any atom is -0.211 e. The van der Waals surface area contributed by atoms with E-state index < -0.39 is 0 Å². The molecule has 0 saturated carbocycles. The molecule has 3 heteroatoms. The monoisotopic (exact) mass is 227 g/mol. The lowest BCUT2D eigenvalue weighted by Crippen LogP contribution is -2.36. The zero-order chi connectivity index (χ0) is 11.0. The van der Waals surface area contributed by atoms with Crippen LogP contribution >= 0.6 is 12.6 Å². The molecule has 0 fully saturated rings. The predicted molar refractivity (Wildman–Crippen MR) is 67.3 cm³/mol. The lowest BCUT2D eigenvalue weighted by molar-refractivity contribution is -0.666. The summed E-state index contributed by atoms with van der Waals surface area (Å²) in [4.78, 5) is 4.61. The van der Waals surface area contributed by atoms with E-state index in [2.05, 4.69) is 34.3 Å². The summed E-state index contributed by atoms with van der Waals surface area (Å²) in [5, 5.41) is 0.0126. The first-order valence-corrected chi connectivity index (χ1v) is 5.70. The van der Waals surface area contributed by atoms with Crippen molar-refractivity contribution in [2.75, 3.05) is 0 Å². The molecule has 0 aliphatic carbocycles. The summed E-state index contributed by atoms with van der Waals surface area (Å²) in [5.74, 6) is 0.960. The smallest absolute Gasteiger partial charge is 0.211 e. The minimum atomic E-state index is 0.0126. The van der Waals surface area contributed by atoms with Gasteiger partial charge in [-0.1, -0.05) is 36.4 Å². The lowest BCUT2D eigenvalue weighted by atomic mass is 10.1. The highest BCUT2D eigenvalue weighted by Crippen LogP contribution is 2.25. The quantitative estimate of drug-likeness (QED) is 0.569. The Morgan fingerprint density at radius 1 is 1.00 bits per heavy atom. The van der Waals surface area contributed by atoms with Crippen molar-refractivity contribution in [2.24, 2.45) is 4.99 Å². The van der Waals surface area contributed by atoms with Crippen LogP contribution in [0.15, 0.2) is 59.7 Å². The third-order valence-corrected chi connectivity index (χ3v) is 3.17. The molecule has 2 aromatic rings. The van der Waals surface area contributed by atoms with Gasteiger partial charge in [0.1, 0.15) is 0 Å². The summed E-state index contributed by atoms with van der Waals surface area (Å²) in [7, 11) is 0. The highest BCUT2D eigenvalue weighted by molar-refractivity contribution is 7.81. The fourth-order valence-electron chi connectivity index (χ4n) is 1.88. The van der Waals surface area contributed by atoms with Crippen LogP contribution in [-0.2, 0) is 0 Å². The van der Waals surface area contributed by atoms with E-state index in [1.54, 1.807) is 0 Å². The van der Waals surface area contributed by atoms with Gasteiger partial charge in [0.2, 0.25) is 11.1 Å². The third kappa shape index (κ3) is 1.44. The molecule has 1 unspecified atom stereocenters. The van der Waals surface area contributed by atoms with Crippen molar-refractivity contribution in [3.63, 3.8) is 0 Å². The maximum Gasteiger partial charge on any atom is 0.324 e. The van der Waals surface area contributed by atoms with Gasteiger partial charge in [0.15, 0.2) is 0 Å². The fraction of sp³-hybridized carbons (Fsp3) is 0.0769. The number of thiol groups is 1. The molecule has 3 rings (SSSR count). The third-order valence-electron chi connectivity index (χ3n) is 2.68. The zero-order valence-corrected chi connectivity index (χ0v) is 9.51. The van der Waals surface area contributed by atoms with Crippen molar-refractivity contribution in [2.45, 2.75) is 5.37 Å². The molecule has 0 amide bonds. The van der Waals surface area contributed by atoms with Crippen LogP contribution in [0.4, 0.5) is 5.82 Å². The molecule has 0 N–H and O–H groups in total. The SMILES string of the molecule is SC1C(c2ccccc2)=Nc2cccc[n+]21. The molecule has 0 saturated heterocycles. The zero-order valence-electron chi connectivity index (χ0n) is 8.62. The van der Waals surface area contributed by atoms with Crippen LogP contribution in [0.25, 0.3) is 0 Å². The van der Waals surface area contributed by atoms with Crippen molar-refractivity contribution in [1.82, 2.24) is 0 Å². The standard InChI is InChI=1S/C13H10N2S/c16-13-12(10-6-2-1-3-7-10)14-11-8-4-5-9-15(11)13/h1-9,13H/p+1. The summed E-state index contributed by atoms with van der Waals surface area (Å²) in [6, 6.07) is 16.2. The number of benzene rings is 1. The summed E-state index contributed by atoms with van der Waals surface area (Å²) >= 11 is 4.61. The molecule has 2 heterocycles. The van der Waals surface area contributed by atoms with Crippen molar-refractivity contribution in [3.8, 4) is 0 Å². The highest BCUT2D eigenvalue weighted by atomic mass is 32.1. The molecule has 1 aliphatic rings. The van der Waals surface area contributed by atoms with Gasteiger partial charge in [-0.3, -0.25) is 0 Å². The molecule has 1 aliphatic heterocycles. The molecular weight excluding hydrogens is 216 g/mol. The van der Waals surface area contributed by atoms with Gasteiger partial charge >= 0.3 is 5.82 Å². The van der Waals surface area contributed by atoms with E-state index >= 15 is 0 Å². The van der Waals surface area contributed by atoms with E-state index in [1.807, 2.05) is 42.6 Å². The summed E-state index contributed by atoms with van der Waals surface area (Å²) < 4.78 is 2.06. The van der Waals surface area contributed by atoms with Crippen molar-refractivity contribution < 1.29 is 4.57 Å². The second-order valence-electron chi connectivity index (χ2n) is 3.70. The molecule has 1 atom stereocenters. The molecule has 78 valence electrons. The topological polar surface area (TPSA) is 16.2 Å². The van der Waals surface area contributed by atoms with Gasteiger partial charge in [-0.05, 0) is 11.1 Å². The number of hydrogen-bond acceptors (Lipinski definition) is 2. The molecular formula is C13H11N2S+. The maximum absolute atomic E-state index is 4.61. The van der Waals surface area contributed by atoms with E-state index in [4.69, 9.17) is 0 Å². The second kappa shape index (κ2) is 3.76. The molecule has 2 nitrogen and oxygen atoms in total. The Kier molecular flexibility index (Phi) is 2.26. The normalized spacial score (nSPS) is 18.1. The Hall–Kier alpha value is -1.61. The van der Waals surface area contributed by atoms with Gasteiger partial charge in [-0.25, -0.2) is 4.57 Å².